The minimum atomic E-state index is 0.0336. The Morgan fingerprint density at radius 1 is 1.16 bits per heavy atom. The molecule has 2 unspecified atom stereocenters. The predicted molar refractivity (Wildman–Crippen MR) is 93.6 cm³/mol. The molecule has 1 aromatic carbocycles. The van der Waals surface area contributed by atoms with Crippen molar-refractivity contribution in [1.82, 2.24) is 10.3 Å². The Bertz CT molecular complexity index is 723. The molecule has 130 valence electrons. The summed E-state index contributed by atoms with van der Waals surface area (Å²) in [4.78, 5) is 17.1. The number of carbonyl (C=O) groups excluding carboxylic acids is 1. The molecule has 0 saturated carbocycles. The van der Waals surface area contributed by atoms with Gasteiger partial charge in [0.1, 0.15) is 12.4 Å². The summed E-state index contributed by atoms with van der Waals surface area (Å²) in [6.45, 7) is 1.85. The largest absolute Gasteiger partial charge is 0.487 e. The van der Waals surface area contributed by atoms with Crippen LogP contribution >= 0.6 is 0 Å². The number of nitrogens with one attached hydrogen (secondary N) is 1. The van der Waals surface area contributed by atoms with E-state index in [4.69, 9.17) is 9.47 Å². The van der Waals surface area contributed by atoms with E-state index in [0.717, 1.165) is 18.4 Å². The molecule has 4 rings (SSSR count). The lowest BCUT2D eigenvalue weighted by Crippen LogP contribution is -2.55. The summed E-state index contributed by atoms with van der Waals surface area (Å²) in [6, 6.07) is 12.3. The van der Waals surface area contributed by atoms with Gasteiger partial charge in [-0.2, -0.15) is 0 Å². The van der Waals surface area contributed by atoms with E-state index in [1.54, 1.807) is 12.4 Å². The quantitative estimate of drug-likeness (QED) is 0.849. The second-order valence-electron chi connectivity index (χ2n) is 6.81. The maximum Gasteiger partial charge on any atom is 0.167 e. The van der Waals surface area contributed by atoms with E-state index in [1.165, 1.54) is 0 Å². The number of rotatable bonds is 5. The molecule has 2 aliphatic heterocycles. The normalized spacial score (nSPS) is 25.4. The van der Waals surface area contributed by atoms with Crippen LogP contribution in [-0.4, -0.2) is 36.1 Å². The molecule has 3 heterocycles. The number of fused-ring (bicyclic) bond motifs is 2. The number of ketones is 1. The molecule has 2 saturated heterocycles. The highest BCUT2D eigenvalue weighted by molar-refractivity contribution is 5.98. The lowest BCUT2D eigenvalue weighted by atomic mass is 9.82. The number of morpholine rings is 1. The van der Waals surface area contributed by atoms with Gasteiger partial charge in [-0.1, -0.05) is 30.3 Å². The number of Topliss-reactive ketones (excluding diaryl/α,β-unsaturated/α-hetero) is 1. The smallest absolute Gasteiger partial charge is 0.167 e. The molecular formula is C20H22N2O3. The Labute approximate surface area is 147 Å². The number of hydrogen-bond acceptors (Lipinski definition) is 5. The van der Waals surface area contributed by atoms with Gasteiger partial charge >= 0.3 is 0 Å². The van der Waals surface area contributed by atoms with Gasteiger partial charge in [-0.15, -0.1) is 0 Å². The van der Waals surface area contributed by atoms with Gasteiger partial charge in [-0.3, -0.25) is 9.78 Å². The number of carbonyl (C=O) groups is 1. The first kappa shape index (κ1) is 16.2. The zero-order valence-corrected chi connectivity index (χ0v) is 14.1. The van der Waals surface area contributed by atoms with Gasteiger partial charge in [-0.25, -0.2) is 0 Å². The fourth-order valence-electron chi connectivity index (χ4n) is 3.66. The van der Waals surface area contributed by atoms with Crippen LogP contribution in [0.2, 0.25) is 0 Å². The molecule has 2 atom stereocenters. The van der Waals surface area contributed by atoms with E-state index in [-0.39, 0.29) is 23.8 Å². The van der Waals surface area contributed by atoms with Gasteiger partial charge in [0, 0.05) is 29.8 Å². The van der Waals surface area contributed by atoms with Gasteiger partial charge in [-0.05, 0) is 24.5 Å². The van der Waals surface area contributed by atoms with Crippen molar-refractivity contribution in [3.8, 4) is 5.75 Å². The molecule has 1 N–H and O–H groups in total. The first-order valence-corrected chi connectivity index (χ1v) is 8.78. The number of ether oxygens (including phenoxy) is 2. The molecule has 0 aliphatic carbocycles. The second-order valence-corrected chi connectivity index (χ2v) is 6.81. The van der Waals surface area contributed by atoms with Gasteiger partial charge in [0.15, 0.2) is 5.78 Å². The van der Waals surface area contributed by atoms with Gasteiger partial charge in [0.25, 0.3) is 0 Å². The topological polar surface area (TPSA) is 60.5 Å². The molecule has 2 bridgehead atoms. The Hall–Kier alpha value is -2.24. The Balaban J connectivity index is 1.42. The Morgan fingerprint density at radius 3 is 2.68 bits per heavy atom. The summed E-state index contributed by atoms with van der Waals surface area (Å²) >= 11 is 0. The highest BCUT2D eigenvalue weighted by Crippen LogP contribution is 2.28. The summed E-state index contributed by atoms with van der Waals surface area (Å²) in [7, 11) is 0. The van der Waals surface area contributed by atoms with Gasteiger partial charge in [0.05, 0.1) is 19.4 Å². The third-order valence-electron chi connectivity index (χ3n) is 4.86. The molecule has 0 radical (unpaired) electrons. The zero-order chi connectivity index (χ0) is 17.1. The third kappa shape index (κ3) is 3.89. The van der Waals surface area contributed by atoms with Crippen molar-refractivity contribution in [2.75, 3.05) is 13.2 Å². The molecule has 2 aromatic rings. The van der Waals surface area contributed by atoms with Crippen molar-refractivity contribution < 1.29 is 14.3 Å². The van der Waals surface area contributed by atoms with Crippen LogP contribution in [0.4, 0.5) is 0 Å². The van der Waals surface area contributed by atoms with Crippen molar-refractivity contribution in [3.63, 3.8) is 0 Å². The maximum atomic E-state index is 12.9. The first-order valence-electron chi connectivity index (χ1n) is 8.78. The van der Waals surface area contributed by atoms with Gasteiger partial charge in [0.2, 0.25) is 0 Å². The lowest BCUT2D eigenvalue weighted by Gasteiger charge is -2.39. The van der Waals surface area contributed by atoms with Crippen LogP contribution in [0.15, 0.2) is 48.8 Å². The van der Waals surface area contributed by atoms with Crippen molar-refractivity contribution in [3.05, 3.63) is 59.9 Å². The van der Waals surface area contributed by atoms with Crippen LogP contribution < -0.4 is 10.1 Å². The van der Waals surface area contributed by atoms with Crippen LogP contribution in [0.3, 0.4) is 0 Å². The van der Waals surface area contributed by atoms with Crippen LogP contribution in [0.25, 0.3) is 0 Å². The first-order chi connectivity index (χ1) is 12.3. The minimum Gasteiger partial charge on any atom is -0.487 e. The molecule has 1 aromatic heterocycles. The average molecular weight is 338 g/mol. The highest BCUT2D eigenvalue weighted by atomic mass is 16.5. The van der Waals surface area contributed by atoms with Crippen molar-refractivity contribution in [2.45, 2.75) is 31.5 Å². The molecule has 2 aliphatic rings. The SMILES string of the molecule is O=C(c1cncc(OCc2ccccc2)c1)C1CC2COCC(C1)N2. The lowest BCUT2D eigenvalue weighted by molar-refractivity contribution is 0.00951. The molecule has 25 heavy (non-hydrogen) atoms. The average Bonchev–Trinajstić information content (AvgIpc) is 2.66. The molecule has 0 amide bonds. The Kier molecular flexibility index (Phi) is 4.76. The molecule has 2 fully saturated rings. The number of pyridine rings is 1. The number of piperidine rings is 1. The van der Waals surface area contributed by atoms with Crippen LogP contribution in [0.1, 0.15) is 28.8 Å². The fraction of sp³-hybridized carbons (Fsp3) is 0.400. The van der Waals surface area contributed by atoms with E-state index in [2.05, 4.69) is 10.3 Å². The van der Waals surface area contributed by atoms with Crippen molar-refractivity contribution >= 4 is 5.78 Å². The van der Waals surface area contributed by atoms with E-state index in [1.807, 2.05) is 36.4 Å². The van der Waals surface area contributed by atoms with E-state index >= 15 is 0 Å². The number of nitrogens with zero attached hydrogens (tertiary/aromatic N) is 1. The fourth-order valence-corrected chi connectivity index (χ4v) is 3.66. The molecule has 0 spiro atoms. The maximum absolute atomic E-state index is 12.9. The molecule has 5 nitrogen and oxygen atoms in total. The van der Waals surface area contributed by atoms with E-state index < -0.39 is 0 Å². The van der Waals surface area contributed by atoms with Crippen LogP contribution in [-0.2, 0) is 11.3 Å². The van der Waals surface area contributed by atoms with E-state index in [9.17, 15) is 4.79 Å². The number of benzene rings is 1. The van der Waals surface area contributed by atoms with E-state index in [0.29, 0.717) is 31.1 Å². The highest BCUT2D eigenvalue weighted by Gasteiger charge is 2.35. The number of hydrogen-bond donors (Lipinski definition) is 1. The monoisotopic (exact) mass is 338 g/mol. The third-order valence-corrected chi connectivity index (χ3v) is 4.86. The standard InChI is InChI=1S/C20H22N2O3/c23-20(15-6-17-12-24-13-18(7-15)22-17)16-8-19(10-21-9-16)25-11-14-4-2-1-3-5-14/h1-5,8-10,15,17-18,22H,6-7,11-13H2. The second kappa shape index (κ2) is 7.33. The Morgan fingerprint density at radius 2 is 1.92 bits per heavy atom. The summed E-state index contributed by atoms with van der Waals surface area (Å²) in [6.07, 6.45) is 4.95. The van der Waals surface area contributed by atoms with Crippen molar-refractivity contribution in [1.29, 1.82) is 0 Å². The molecule has 5 heteroatoms. The summed E-state index contributed by atoms with van der Waals surface area (Å²) in [5.74, 6) is 0.828. The predicted octanol–water partition coefficient (Wildman–Crippen LogP) is 2.61. The summed E-state index contributed by atoms with van der Waals surface area (Å²) in [5, 5.41) is 3.52. The van der Waals surface area contributed by atoms with Gasteiger partial charge < -0.3 is 14.8 Å². The summed E-state index contributed by atoms with van der Waals surface area (Å²) in [5.41, 5.74) is 1.72. The van der Waals surface area contributed by atoms with Crippen LogP contribution in [0.5, 0.6) is 5.75 Å². The van der Waals surface area contributed by atoms with Crippen LogP contribution in [0, 0.1) is 5.92 Å². The van der Waals surface area contributed by atoms with Crippen molar-refractivity contribution in [2.24, 2.45) is 5.92 Å². The minimum absolute atomic E-state index is 0.0336. The zero-order valence-electron chi connectivity index (χ0n) is 14.1. The number of aromatic nitrogens is 1. The molecular weight excluding hydrogens is 316 g/mol. The summed E-state index contributed by atoms with van der Waals surface area (Å²) < 4.78 is 11.4.